The predicted molar refractivity (Wildman–Crippen MR) is 130 cm³/mol. The van der Waals surface area contributed by atoms with Gasteiger partial charge in [-0.25, -0.2) is 0 Å². The highest BCUT2D eigenvalue weighted by Gasteiger charge is 2.66. The first kappa shape index (κ1) is 22.1. The van der Waals surface area contributed by atoms with E-state index in [9.17, 15) is 9.59 Å². The number of aldehydes is 1. The van der Waals surface area contributed by atoms with E-state index in [4.69, 9.17) is 0 Å². The van der Waals surface area contributed by atoms with Crippen molar-refractivity contribution in [3.05, 3.63) is 46.1 Å². The monoisotopic (exact) mass is 432 g/mol. The van der Waals surface area contributed by atoms with E-state index in [1.807, 2.05) is 13.0 Å². The van der Waals surface area contributed by atoms with Crippen LogP contribution in [0.1, 0.15) is 93.4 Å². The topological polar surface area (TPSA) is 34.1 Å². The van der Waals surface area contributed by atoms with Crippen molar-refractivity contribution in [3.63, 3.8) is 0 Å². The molecule has 0 N–H and O–H groups in total. The summed E-state index contributed by atoms with van der Waals surface area (Å²) in [4.78, 5) is 24.9. The molecule has 2 nitrogen and oxygen atoms in total. The highest BCUT2D eigenvalue weighted by atomic mass is 16.1. The SMILES string of the molecule is CC1=C(C)C2=CC=C3C(C)(CCC4(C)C5CC(C)(C=O)CCC5(C)CCC34C)C2=CC1=O. The average Bonchev–Trinajstić information content (AvgIpc) is 2.76. The van der Waals surface area contributed by atoms with Crippen molar-refractivity contribution in [3.8, 4) is 0 Å². The Kier molecular flexibility index (Phi) is 4.46. The minimum atomic E-state index is -0.183. The summed E-state index contributed by atoms with van der Waals surface area (Å²) in [6, 6.07) is 0. The molecule has 0 aromatic heterocycles. The molecule has 0 amide bonds. The summed E-state index contributed by atoms with van der Waals surface area (Å²) in [5.74, 6) is 0.736. The standard InChI is InChI=1S/C30H40O2/c1-19-20(2)23(32)16-22-21(19)8-9-24-28(22,5)13-15-30(7)25-17-26(3,18-31)10-11-27(25,4)12-14-29(24,30)6/h8-9,16,18,25H,10-15,17H2,1-7H3. The van der Waals surface area contributed by atoms with Crippen molar-refractivity contribution in [2.24, 2.45) is 33.0 Å². The zero-order valence-corrected chi connectivity index (χ0v) is 21.2. The number of fused-ring (bicyclic) bond motifs is 7. The number of hydrogen-bond donors (Lipinski definition) is 0. The molecule has 32 heavy (non-hydrogen) atoms. The lowest BCUT2D eigenvalue weighted by Crippen LogP contribution is -2.61. The molecule has 3 fully saturated rings. The van der Waals surface area contributed by atoms with Gasteiger partial charge in [0.15, 0.2) is 5.78 Å². The fraction of sp³-hybridized carbons (Fsp3) is 0.667. The second-order valence-electron chi connectivity index (χ2n) is 13.1. The van der Waals surface area contributed by atoms with Crippen molar-refractivity contribution in [1.29, 1.82) is 0 Å². The Morgan fingerprint density at radius 3 is 2.25 bits per heavy atom. The van der Waals surface area contributed by atoms with Gasteiger partial charge in [-0.05, 0) is 109 Å². The second kappa shape index (κ2) is 6.45. The van der Waals surface area contributed by atoms with Gasteiger partial charge in [0, 0.05) is 10.8 Å². The Morgan fingerprint density at radius 2 is 1.56 bits per heavy atom. The number of carbonyl (C=O) groups is 2. The van der Waals surface area contributed by atoms with Crippen LogP contribution in [0.3, 0.4) is 0 Å². The van der Waals surface area contributed by atoms with E-state index in [-0.39, 0.29) is 27.4 Å². The maximum atomic E-state index is 12.8. The van der Waals surface area contributed by atoms with Gasteiger partial charge in [-0.1, -0.05) is 52.3 Å². The third kappa shape index (κ3) is 2.53. The van der Waals surface area contributed by atoms with E-state index < -0.39 is 0 Å². The van der Waals surface area contributed by atoms with Gasteiger partial charge in [-0.3, -0.25) is 4.79 Å². The fourth-order valence-corrected chi connectivity index (χ4v) is 8.70. The van der Waals surface area contributed by atoms with Gasteiger partial charge in [0.1, 0.15) is 6.29 Å². The summed E-state index contributed by atoms with van der Waals surface area (Å²) in [7, 11) is 0. The fourth-order valence-electron chi connectivity index (χ4n) is 8.70. The molecule has 2 heteroatoms. The van der Waals surface area contributed by atoms with Crippen LogP contribution < -0.4 is 0 Å². The van der Waals surface area contributed by atoms with Crippen LogP contribution in [0.15, 0.2) is 46.1 Å². The maximum Gasteiger partial charge on any atom is 0.182 e. The molecule has 5 aliphatic rings. The summed E-state index contributed by atoms with van der Waals surface area (Å²) in [5, 5.41) is 0. The molecule has 0 spiro atoms. The third-order valence-corrected chi connectivity index (χ3v) is 11.5. The predicted octanol–water partition coefficient (Wildman–Crippen LogP) is 7.32. The third-order valence-electron chi connectivity index (χ3n) is 11.5. The molecular weight excluding hydrogens is 392 g/mol. The summed E-state index contributed by atoms with van der Waals surface area (Å²) in [5.41, 5.74) is 6.41. The number of allylic oxidation sites excluding steroid dienone is 8. The quantitative estimate of drug-likeness (QED) is 0.407. The lowest BCUT2D eigenvalue weighted by atomic mass is 9.34. The summed E-state index contributed by atoms with van der Waals surface area (Å²) >= 11 is 0. The van der Waals surface area contributed by atoms with Crippen LogP contribution >= 0.6 is 0 Å². The first-order valence-electron chi connectivity index (χ1n) is 12.7. The van der Waals surface area contributed by atoms with E-state index >= 15 is 0 Å². The van der Waals surface area contributed by atoms with Gasteiger partial charge >= 0.3 is 0 Å². The van der Waals surface area contributed by atoms with Crippen LogP contribution in [-0.4, -0.2) is 12.1 Å². The Morgan fingerprint density at radius 1 is 0.875 bits per heavy atom. The van der Waals surface area contributed by atoms with E-state index in [2.05, 4.69) is 53.7 Å². The molecule has 0 saturated heterocycles. The molecule has 5 rings (SSSR count). The molecule has 172 valence electrons. The van der Waals surface area contributed by atoms with Gasteiger partial charge < -0.3 is 4.79 Å². The van der Waals surface area contributed by atoms with Crippen LogP contribution in [-0.2, 0) is 9.59 Å². The van der Waals surface area contributed by atoms with Crippen molar-refractivity contribution in [2.45, 2.75) is 93.4 Å². The maximum absolute atomic E-state index is 12.8. The lowest BCUT2D eigenvalue weighted by Gasteiger charge is -2.70. The van der Waals surface area contributed by atoms with Crippen molar-refractivity contribution < 1.29 is 9.59 Å². The van der Waals surface area contributed by atoms with Gasteiger partial charge in [0.25, 0.3) is 0 Å². The van der Waals surface area contributed by atoms with Crippen LogP contribution in [0.5, 0.6) is 0 Å². The number of rotatable bonds is 1. The largest absolute Gasteiger partial charge is 0.303 e. The van der Waals surface area contributed by atoms with Crippen LogP contribution in [0.2, 0.25) is 0 Å². The molecule has 5 aliphatic carbocycles. The number of hydrogen-bond acceptors (Lipinski definition) is 2. The van der Waals surface area contributed by atoms with Gasteiger partial charge in [-0.2, -0.15) is 0 Å². The minimum absolute atomic E-state index is 0.0770. The molecule has 0 aromatic carbocycles. The normalized spacial score (nSPS) is 47.9. The van der Waals surface area contributed by atoms with Gasteiger partial charge in [0.2, 0.25) is 0 Å². The van der Waals surface area contributed by atoms with Crippen molar-refractivity contribution in [2.75, 3.05) is 0 Å². The van der Waals surface area contributed by atoms with Crippen molar-refractivity contribution >= 4 is 12.1 Å². The Labute approximate surface area is 194 Å². The highest BCUT2D eigenvalue weighted by Crippen LogP contribution is 2.75. The Hall–Kier alpha value is -1.70. The zero-order chi connectivity index (χ0) is 23.3. The molecule has 0 radical (unpaired) electrons. The molecule has 0 bridgehead atoms. The van der Waals surface area contributed by atoms with Gasteiger partial charge in [0.05, 0.1) is 0 Å². The van der Waals surface area contributed by atoms with E-state index in [1.165, 1.54) is 42.3 Å². The molecular formula is C30H40O2. The molecule has 6 unspecified atom stereocenters. The van der Waals surface area contributed by atoms with Crippen LogP contribution in [0, 0.1) is 33.0 Å². The Bertz CT molecular complexity index is 1050. The molecule has 6 atom stereocenters. The average molecular weight is 433 g/mol. The zero-order valence-electron chi connectivity index (χ0n) is 21.2. The molecule has 0 aromatic rings. The molecule has 0 heterocycles. The number of carbonyl (C=O) groups excluding carboxylic acids is 2. The van der Waals surface area contributed by atoms with E-state index in [0.717, 1.165) is 36.8 Å². The van der Waals surface area contributed by atoms with Crippen LogP contribution in [0.25, 0.3) is 0 Å². The minimum Gasteiger partial charge on any atom is -0.303 e. The summed E-state index contributed by atoms with van der Waals surface area (Å²) in [6.07, 6.45) is 15.8. The second-order valence-corrected chi connectivity index (χ2v) is 13.1. The van der Waals surface area contributed by atoms with Crippen molar-refractivity contribution in [1.82, 2.24) is 0 Å². The Balaban J connectivity index is 1.65. The molecule has 3 saturated carbocycles. The van der Waals surface area contributed by atoms with E-state index in [1.54, 1.807) is 0 Å². The molecule has 0 aliphatic heterocycles. The number of ketones is 1. The summed E-state index contributed by atoms with van der Waals surface area (Å²) < 4.78 is 0. The lowest BCUT2D eigenvalue weighted by molar-refractivity contribution is -0.163. The first-order chi connectivity index (χ1) is 14.8. The summed E-state index contributed by atoms with van der Waals surface area (Å²) in [6.45, 7) is 16.2. The highest BCUT2D eigenvalue weighted by molar-refractivity contribution is 6.08. The van der Waals surface area contributed by atoms with Gasteiger partial charge in [-0.15, -0.1) is 0 Å². The van der Waals surface area contributed by atoms with E-state index in [0.29, 0.717) is 11.3 Å². The smallest absolute Gasteiger partial charge is 0.182 e. The van der Waals surface area contributed by atoms with Crippen LogP contribution in [0.4, 0.5) is 0 Å². The first-order valence-corrected chi connectivity index (χ1v) is 12.7.